The molecule has 2 aromatic carbocycles. The third kappa shape index (κ3) is 4.33. The van der Waals surface area contributed by atoms with Gasteiger partial charge >= 0.3 is 0 Å². The highest BCUT2D eigenvalue weighted by atomic mass is 16.5. The number of amides is 1. The highest BCUT2D eigenvalue weighted by molar-refractivity contribution is 5.93. The number of nitrogens with one attached hydrogen (secondary N) is 1. The third-order valence-electron chi connectivity index (χ3n) is 3.69. The number of carbonyl (C=O) groups excluding carboxylic acids is 1. The van der Waals surface area contributed by atoms with Crippen LogP contribution < -0.4 is 14.8 Å². The van der Waals surface area contributed by atoms with Crippen LogP contribution in [0.5, 0.6) is 11.5 Å². The summed E-state index contributed by atoms with van der Waals surface area (Å²) in [7, 11) is 0. The number of oxazole rings is 1. The van der Waals surface area contributed by atoms with Crippen LogP contribution in [0.15, 0.2) is 46.9 Å². The van der Waals surface area contributed by atoms with E-state index in [-0.39, 0.29) is 18.4 Å². The molecule has 0 bridgehead atoms. The minimum atomic E-state index is -0.248. The van der Waals surface area contributed by atoms with E-state index in [1.54, 1.807) is 36.4 Å². The number of hydrogen-bond acceptors (Lipinski definition) is 5. The van der Waals surface area contributed by atoms with Gasteiger partial charge in [0.05, 0.1) is 6.61 Å². The molecule has 0 atom stereocenters. The van der Waals surface area contributed by atoms with Gasteiger partial charge in [0.25, 0.3) is 5.91 Å². The Morgan fingerprint density at radius 2 is 1.81 bits per heavy atom. The van der Waals surface area contributed by atoms with Crippen LogP contribution in [0.3, 0.4) is 0 Å². The number of anilines is 1. The van der Waals surface area contributed by atoms with Crippen LogP contribution in [0.2, 0.25) is 0 Å². The van der Waals surface area contributed by atoms with E-state index < -0.39 is 0 Å². The Morgan fingerprint density at radius 3 is 2.46 bits per heavy atom. The molecule has 0 spiro atoms. The zero-order valence-electron chi connectivity index (χ0n) is 15.1. The lowest BCUT2D eigenvalue weighted by Gasteiger charge is -2.08. The first kappa shape index (κ1) is 17.8. The average molecular weight is 354 g/mol. The largest absolute Gasteiger partial charge is 0.494 e. The summed E-state index contributed by atoms with van der Waals surface area (Å²) < 4.78 is 16.6. The van der Waals surface area contributed by atoms with Gasteiger partial charge in [0.15, 0.2) is 18.1 Å². The molecule has 1 amide bonds. The van der Waals surface area contributed by atoms with Crippen molar-refractivity contribution >= 4 is 22.7 Å². The summed E-state index contributed by atoms with van der Waals surface area (Å²) in [5, 5.41) is 2.80. The standard InChI is InChI=1S/C20H22N2O4/c1-4-24-15-6-8-16(9-7-15)25-12-19(23)21-14-5-10-17-18(11-14)26-20(22-17)13(2)3/h5-11,13H,4,12H2,1-3H3,(H,21,23). The molecule has 1 aromatic heterocycles. The highest BCUT2D eigenvalue weighted by Crippen LogP contribution is 2.24. The fraction of sp³-hybridized carbons (Fsp3) is 0.300. The Morgan fingerprint density at radius 1 is 1.12 bits per heavy atom. The second-order valence-corrected chi connectivity index (χ2v) is 6.13. The van der Waals surface area contributed by atoms with Crippen molar-refractivity contribution in [1.29, 1.82) is 0 Å². The summed E-state index contributed by atoms with van der Waals surface area (Å²) in [5.74, 6) is 2.02. The van der Waals surface area contributed by atoms with Gasteiger partial charge in [-0.3, -0.25) is 4.79 Å². The van der Waals surface area contributed by atoms with Gasteiger partial charge in [-0.25, -0.2) is 4.98 Å². The lowest BCUT2D eigenvalue weighted by molar-refractivity contribution is -0.118. The van der Waals surface area contributed by atoms with Crippen molar-refractivity contribution in [3.05, 3.63) is 48.4 Å². The lowest BCUT2D eigenvalue weighted by atomic mass is 10.2. The maximum absolute atomic E-state index is 12.1. The predicted octanol–water partition coefficient (Wildman–Crippen LogP) is 4.37. The van der Waals surface area contributed by atoms with Crippen LogP contribution >= 0.6 is 0 Å². The molecule has 136 valence electrons. The molecule has 6 heteroatoms. The van der Waals surface area contributed by atoms with Crippen molar-refractivity contribution in [2.24, 2.45) is 0 Å². The number of rotatable bonds is 7. The lowest BCUT2D eigenvalue weighted by Crippen LogP contribution is -2.20. The van der Waals surface area contributed by atoms with Crippen LogP contribution in [0, 0.1) is 0 Å². The Kier molecular flexibility index (Phi) is 5.41. The van der Waals surface area contributed by atoms with Gasteiger partial charge < -0.3 is 19.2 Å². The molecule has 6 nitrogen and oxygen atoms in total. The van der Waals surface area contributed by atoms with Crippen molar-refractivity contribution in [1.82, 2.24) is 4.98 Å². The summed E-state index contributed by atoms with van der Waals surface area (Å²) in [6, 6.07) is 12.5. The molecule has 0 aliphatic rings. The van der Waals surface area contributed by atoms with Crippen molar-refractivity contribution < 1.29 is 18.7 Å². The number of fused-ring (bicyclic) bond motifs is 1. The van der Waals surface area contributed by atoms with Crippen LogP contribution in [0.25, 0.3) is 11.1 Å². The van der Waals surface area contributed by atoms with E-state index in [1.807, 2.05) is 26.8 Å². The first-order valence-electron chi connectivity index (χ1n) is 8.61. The molecular weight excluding hydrogens is 332 g/mol. The Hall–Kier alpha value is -3.02. The zero-order chi connectivity index (χ0) is 18.5. The van der Waals surface area contributed by atoms with Gasteiger partial charge in [-0.15, -0.1) is 0 Å². The van der Waals surface area contributed by atoms with E-state index in [0.29, 0.717) is 29.5 Å². The topological polar surface area (TPSA) is 73.6 Å². The number of ether oxygens (including phenoxy) is 2. The maximum atomic E-state index is 12.1. The molecule has 1 heterocycles. The summed E-state index contributed by atoms with van der Waals surface area (Å²) in [5.41, 5.74) is 2.07. The third-order valence-corrected chi connectivity index (χ3v) is 3.69. The molecular formula is C20H22N2O4. The van der Waals surface area contributed by atoms with E-state index in [0.717, 1.165) is 11.3 Å². The van der Waals surface area contributed by atoms with Crippen LogP contribution in [0.4, 0.5) is 5.69 Å². The normalized spacial score (nSPS) is 10.9. The Labute approximate surface area is 152 Å². The summed E-state index contributed by atoms with van der Waals surface area (Å²) >= 11 is 0. The molecule has 0 saturated heterocycles. The summed E-state index contributed by atoms with van der Waals surface area (Å²) in [6.45, 7) is 6.49. The maximum Gasteiger partial charge on any atom is 0.262 e. The second-order valence-electron chi connectivity index (χ2n) is 6.13. The van der Waals surface area contributed by atoms with Gasteiger partial charge in [0.2, 0.25) is 0 Å². The summed E-state index contributed by atoms with van der Waals surface area (Å²) in [6.07, 6.45) is 0. The average Bonchev–Trinajstić information content (AvgIpc) is 3.05. The minimum absolute atomic E-state index is 0.0837. The minimum Gasteiger partial charge on any atom is -0.494 e. The Balaban J connectivity index is 1.58. The monoisotopic (exact) mass is 354 g/mol. The number of benzene rings is 2. The van der Waals surface area contributed by atoms with Crippen molar-refractivity contribution in [2.75, 3.05) is 18.5 Å². The van der Waals surface area contributed by atoms with E-state index in [2.05, 4.69) is 10.3 Å². The van der Waals surface area contributed by atoms with E-state index in [1.165, 1.54) is 0 Å². The fourth-order valence-electron chi connectivity index (χ4n) is 2.41. The molecule has 0 fully saturated rings. The SMILES string of the molecule is CCOc1ccc(OCC(=O)Nc2ccc3nc(C(C)C)oc3c2)cc1. The van der Waals surface area contributed by atoms with Crippen molar-refractivity contribution in [2.45, 2.75) is 26.7 Å². The first-order chi connectivity index (χ1) is 12.5. The van der Waals surface area contributed by atoms with Crippen molar-refractivity contribution in [3.8, 4) is 11.5 Å². The van der Waals surface area contributed by atoms with Gasteiger partial charge in [-0.05, 0) is 43.3 Å². The summed E-state index contributed by atoms with van der Waals surface area (Å²) in [4.78, 5) is 16.5. The van der Waals surface area contributed by atoms with Gasteiger partial charge in [0.1, 0.15) is 17.0 Å². The molecule has 26 heavy (non-hydrogen) atoms. The van der Waals surface area contributed by atoms with E-state index >= 15 is 0 Å². The smallest absolute Gasteiger partial charge is 0.262 e. The van der Waals surface area contributed by atoms with E-state index in [9.17, 15) is 4.79 Å². The quantitative estimate of drug-likeness (QED) is 0.682. The van der Waals surface area contributed by atoms with Gasteiger partial charge in [-0.1, -0.05) is 13.8 Å². The molecule has 0 aliphatic heterocycles. The highest BCUT2D eigenvalue weighted by Gasteiger charge is 2.11. The molecule has 3 rings (SSSR count). The van der Waals surface area contributed by atoms with Crippen LogP contribution in [0.1, 0.15) is 32.6 Å². The molecule has 0 radical (unpaired) electrons. The Bertz CT molecular complexity index is 884. The fourth-order valence-corrected chi connectivity index (χ4v) is 2.41. The molecule has 0 aliphatic carbocycles. The van der Waals surface area contributed by atoms with Gasteiger partial charge in [0, 0.05) is 17.7 Å². The second kappa shape index (κ2) is 7.91. The predicted molar refractivity (Wildman–Crippen MR) is 99.8 cm³/mol. The molecule has 0 saturated carbocycles. The number of nitrogens with zero attached hydrogens (tertiary/aromatic N) is 1. The number of aromatic nitrogens is 1. The number of carbonyl (C=O) groups is 1. The van der Waals surface area contributed by atoms with E-state index in [4.69, 9.17) is 13.9 Å². The first-order valence-corrected chi connectivity index (χ1v) is 8.61. The number of hydrogen-bond donors (Lipinski definition) is 1. The molecule has 3 aromatic rings. The molecule has 0 unspecified atom stereocenters. The van der Waals surface area contributed by atoms with Gasteiger partial charge in [-0.2, -0.15) is 0 Å². The molecule has 1 N–H and O–H groups in total. The van der Waals surface area contributed by atoms with Crippen LogP contribution in [-0.2, 0) is 4.79 Å². The van der Waals surface area contributed by atoms with Crippen LogP contribution in [-0.4, -0.2) is 24.1 Å². The van der Waals surface area contributed by atoms with Crippen molar-refractivity contribution in [3.63, 3.8) is 0 Å². The zero-order valence-corrected chi connectivity index (χ0v) is 15.1.